The Morgan fingerprint density at radius 2 is 2.07 bits per heavy atom. The van der Waals surface area contributed by atoms with Gasteiger partial charge in [0.05, 0.1) is 4.90 Å². The van der Waals surface area contributed by atoms with E-state index in [0.29, 0.717) is 9.92 Å². The van der Waals surface area contributed by atoms with E-state index in [0.717, 1.165) is 18.5 Å². The largest absolute Gasteiger partial charge is 0.319 e. The van der Waals surface area contributed by atoms with Crippen LogP contribution in [0.25, 0.3) is 0 Å². The molecule has 1 rings (SSSR count). The van der Waals surface area contributed by atoms with Crippen LogP contribution in [0.15, 0.2) is 23.1 Å². The molecule has 5 heteroatoms. The van der Waals surface area contributed by atoms with Crippen molar-refractivity contribution in [1.82, 2.24) is 5.32 Å². The Hall–Kier alpha value is -0.580. The molecule has 0 aromatic heterocycles. The summed E-state index contributed by atoms with van der Waals surface area (Å²) in [6, 6.07) is 4.79. The Morgan fingerprint density at radius 3 is 2.60 bits per heavy atom. The van der Waals surface area contributed by atoms with Gasteiger partial charge in [0.25, 0.3) is 0 Å². The van der Waals surface area contributed by atoms with Gasteiger partial charge in [-0.1, -0.05) is 11.6 Å². The van der Waals surface area contributed by atoms with E-state index in [2.05, 4.69) is 5.32 Å². The second kappa shape index (κ2) is 4.96. The molecule has 0 saturated heterocycles. The van der Waals surface area contributed by atoms with Crippen molar-refractivity contribution in [3.63, 3.8) is 0 Å². The summed E-state index contributed by atoms with van der Waals surface area (Å²) in [7, 11) is -1.30. The molecule has 84 valence electrons. The van der Waals surface area contributed by atoms with Crippen molar-refractivity contribution in [3.05, 3.63) is 28.8 Å². The molecule has 0 unspecified atom stereocenters. The number of halogens is 1. The summed E-state index contributed by atoms with van der Waals surface area (Å²) in [5.74, 6) is 0. The monoisotopic (exact) mass is 247 g/mol. The van der Waals surface area contributed by atoms with E-state index >= 15 is 0 Å². The first-order chi connectivity index (χ1) is 6.95. The molecular formula is C10H14ClNO2S. The summed E-state index contributed by atoms with van der Waals surface area (Å²) in [5.41, 5.74) is 0.856. The van der Waals surface area contributed by atoms with Gasteiger partial charge in [0, 0.05) is 11.3 Å². The SMILES string of the molecule is CNCCc1cc(S(C)(=O)=O)ccc1Cl. The second-order valence-electron chi connectivity index (χ2n) is 3.38. The lowest BCUT2D eigenvalue weighted by Crippen LogP contribution is -2.11. The minimum absolute atomic E-state index is 0.318. The molecule has 15 heavy (non-hydrogen) atoms. The molecule has 0 atom stereocenters. The fourth-order valence-corrected chi connectivity index (χ4v) is 2.12. The Balaban J connectivity index is 3.06. The molecule has 0 amide bonds. The zero-order chi connectivity index (χ0) is 11.5. The van der Waals surface area contributed by atoms with Gasteiger partial charge in [-0.3, -0.25) is 0 Å². The summed E-state index contributed by atoms with van der Waals surface area (Å²) in [6.45, 7) is 0.771. The first-order valence-corrected chi connectivity index (χ1v) is 6.85. The van der Waals surface area contributed by atoms with Crippen LogP contribution in [0.5, 0.6) is 0 Å². The minimum atomic E-state index is -3.15. The molecule has 3 nitrogen and oxygen atoms in total. The molecule has 0 fully saturated rings. The number of sulfone groups is 1. The highest BCUT2D eigenvalue weighted by Gasteiger charge is 2.09. The van der Waals surface area contributed by atoms with Crippen molar-refractivity contribution in [3.8, 4) is 0 Å². The van der Waals surface area contributed by atoms with Gasteiger partial charge in [0.15, 0.2) is 9.84 Å². The first-order valence-electron chi connectivity index (χ1n) is 4.58. The van der Waals surface area contributed by atoms with Crippen LogP contribution in [0.4, 0.5) is 0 Å². The lowest BCUT2D eigenvalue weighted by atomic mass is 10.1. The lowest BCUT2D eigenvalue weighted by Gasteiger charge is -2.06. The molecule has 0 aliphatic rings. The van der Waals surface area contributed by atoms with Gasteiger partial charge in [-0.2, -0.15) is 0 Å². The zero-order valence-corrected chi connectivity index (χ0v) is 10.3. The molecule has 0 saturated carbocycles. The molecule has 0 radical (unpaired) electrons. The van der Waals surface area contributed by atoms with Crippen LogP contribution in [0.1, 0.15) is 5.56 Å². The van der Waals surface area contributed by atoms with Gasteiger partial charge in [0.2, 0.25) is 0 Å². The van der Waals surface area contributed by atoms with Crippen molar-refractivity contribution < 1.29 is 8.42 Å². The predicted octanol–water partition coefficient (Wildman–Crippen LogP) is 1.51. The van der Waals surface area contributed by atoms with Crippen LogP contribution in [0.3, 0.4) is 0 Å². The average Bonchev–Trinajstić information content (AvgIpc) is 2.15. The maximum atomic E-state index is 11.3. The van der Waals surface area contributed by atoms with Crippen molar-refractivity contribution in [2.75, 3.05) is 19.8 Å². The number of likely N-dealkylation sites (N-methyl/N-ethyl adjacent to an activating group) is 1. The third-order valence-corrected chi connectivity index (χ3v) is 3.57. The molecule has 0 spiro atoms. The molecule has 0 heterocycles. The average molecular weight is 248 g/mol. The summed E-state index contributed by atoms with van der Waals surface area (Å²) in [5, 5.41) is 3.60. The molecule has 0 aliphatic heterocycles. The van der Waals surface area contributed by atoms with Gasteiger partial charge < -0.3 is 5.32 Å². The van der Waals surface area contributed by atoms with E-state index in [1.54, 1.807) is 12.1 Å². The van der Waals surface area contributed by atoms with Crippen LogP contribution >= 0.6 is 11.6 Å². The van der Waals surface area contributed by atoms with Gasteiger partial charge in [-0.25, -0.2) is 8.42 Å². The highest BCUT2D eigenvalue weighted by atomic mass is 35.5. The van der Waals surface area contributed by atoms with Gasteiger partial charge in [-0.05, 0) is 43.8 Å². The number of hydrogen-bond acceptors (Lipinski definition) is 3. The topological polar surface area (TPSA) is 46.2 Å². The fourth-order valence-electron chi connectivity index (χ4n) is 1.23. The van der Waals surface area contributed by atoms with E-state index in [4.69, 9.17) is 11.6 Å². The van der Waals surface area contributed by atoms with Crippen molar-refractivity contribution >= 4 is 21.4 Å². The smallest absolute Gasteiger partial charge is 0.175 e. The van der Waals surface area contributed by atoms with Gasteiger partial charge >= 0.3 is 0 Å². The van der Waals surface area contributed by atoms with Gasteiger partial charge in [0.1, 0.15) is 0 Å². The third-order valence-electron chi connectivity index (χ3n) is 2.09. The predicted molar refractivity (Wildman–Crippen MR) is 62.2 cm³/mol. The molecular weight excluding hydrogens is 234 g/mol. The van der Waals surface area contributed by atoms with Crippen LogP contribution in [0, 0.1) is 0 Å². The van der Waals surface area contributed by atoms with Crippen LogP contribution in [-0.2, 0) is 16.3 Å². The van der Waals surface area contributed by atoms with Crippen molar-refractivity contribution in [1.29, 1.82) is 0 Å². The van der Waals surface area contributed by atoms with E-state index in [1.165, 1.54) is 12.3 Å². The van der Waals surface area contributed by atoms with E-state index in [1.807, 2.05) is 7.05 Å². The number of benzene rings is 1. The summed E-state index contributed by atoms with van der Waals surface area (Å²) >= 11 is 5.96. The van der Waals surface area contributed by atoms with Crippen LogP contribution in [0.2, 0.25) is 5.02 Å². The quantitative estimate of drug-likeness (QED) is 0.877. The fraction of sp³-hybridized carbons (Fsp3) is 0.400. The normalized spacial score (nSPS) is 11.7. The zero-order valence-electron chi connectivity index (χ0n) is 8.75. The highest BCUT2D eigenvalue weighted by Crippen LogP contribution is 2.20. The Kier molecular flexibility index (Phi) is 4.13. The van der Waals surface area contributed by atoms with E-state index in [-0.39, 0.29) is 0 Å². The second-order valence-corrected chi connectivity index (χ2v) is 5.80. The molecule has 0 bridgehead atoms. The Labute approximate surface area is 95.4 Å². The molecule has 1 N–H and O–H groups in total. The van der Waals surface area contributed by atoms with E-state index < -0.39 is 9.84 Å². The number of hydrogen-bond donors (Lipinski definition) is 1. The van der Waals surface area contributed by atoms with Crippen LogP contribution in [-0.4, -0.2) is 28.3 Å². The standard InChI is InChI=1S/C10H14ClNO2S/c1-12-6-5-8-7-9(15(2,13)14)3-4-10(8)11/h3-4,7,12H,5-6H2,1-2H3. The third kappa shape index (κ3) is 3.48. The molecule has 1 aromatic carbocycles. The van der Waals surface area contributed by atoms with Gasteiger partial charge in [-0.15, -0.1) is 0 Å². The lowest BCUT2D eigenvalue weighted by molar-refractivity contribution is 0.601. The molecule has 0 aliphatic carbocycles. The molecule has 1 aromatic rings. The van der Waals surface area contributed by atoms with Crippen molar-refractivity contribution in [2.24, 2.45) is 0 Å². The van der Waals surface area contributed by atoms with Crippen LogP contribution < -0.4 is 5.32 Å². The van der Waals surface area contributed by atoms with E-state index in [9.17, 15) is 8.42 Å². The Morgan fingerprint density at radius 1 is 1.40 bits per heavy atom. The van der Waals surface area contributed by atoms with Crippen molar-refractivity contribution in [2.45, 2.75) is 11.3 Å². The Bertz CT molecular complexity index is 443. The highest BCUT2D eigenvalue weighted by molar-refractivity contribution is 7.90. The number of nitrogens with one attached hydrogen (secondary N) is 1. The number of rotatable bonds is 4. The summed E-state index contributed by atoms with van der Waals surface area (Å²) < 4.78 is 22.6. The summed E-state index contributed by atoms with van der Waals surface area (Å²) in [6.07, 6.45) is 1.91. The maximum absolute atomic E-state index is 11.3. The minimum Gasteiger partial charge on any atom is -0.319 e. The first kappa shape index (κ1) is 12.5. The maximum Gasteiger partial charge on any atom is 0.175 e. The summed E-state index contributed by atoms with van der Waals surface area (Å²) in [4.78, 5) is 0.318.